The van der Waals surface area contributed by atoms with Crippen LogP contribution in [0.4, 0.5) is 0 Å². The van der Waals surface area contributed by atoms with Crippen LogP contribution >= 0.6 is 0 Å². The molecule has 1 N–H and O–H groups in total. The highest BCUT2D eigenvalue weighted by atomic mass is 16.6. The summed E-state index contributed by atoms with van der Waals surface area (Å²) in [4.78, 5) is 14.4. The molecule has 5 nitrogen and oxygen atoms in total. The summed E-state index contributed by atoms with van der Waals surface area (Å²) in [7, 11) is 1.98. The maximum atomic E-state index is 12.4. The maximum absolute atomic E-state index is 12.4. The Morgan fingerprint density at radius 2 is 1.96 bits per heavy atom. The van der Waals surface area contributed by atoms with E-state index in [2.05, 4.69) is 10.2 Å². The van der Waals surface area contributed by atoms with Gasteiger partial charge in [-0.05, 0) is 44.5 Å². The van der Waals surface area contributed by atoms with Gasteiger partial charge in [-0.15, -0.1) is 0 Å². The normalized spacial score (nSPS) is 18.9. The van der Waals surface area contributed by atoms with E-state index in [1.807, 2.05) is 32.2 Å². The average molecular weight is 318 g/mol. The highest BCUT2D eigenvalue weighted by Gasteiger charge is 2.23. The van der Waals surface area contributed by atoms with E-state index in [0.717, 1.165) is 29.9 Å². The van der Waals surface area contributed by atoms with Crippen LogP contribution in [0.5, 0.6) is 11.5 Å². The first-order valence-corrected chi connectivity index (χ1v) is 8.52. The molecule has 0 radical (unpaired) electrons. The summed E-state index contributed by atoms with van der Waals surface area (Å²) in [5, 5.41) is 3.17. The lowest BCUT2D eigenvalue weighted by molar-refractivity contribution is -0.126. The molecular weight excluding hydrogens is 292 g/mol. The Morgan fingerprint density at radius 3 is 2.70 bits per heavy atom. The zero-order valence-corrected chi connectivity index (χ0v) is 14.0. The van der Waals surface area contributed by atoms with Crippen molar-refractivity contribution in [3.05, 3.63) is 23.8 Å². The number of nitrogens with one attached hydrogen (secondary N) is 1. The lowest BCUT2D eigenvalue weighted by Gasteiger charge is -2.26. The van der Waals surface area contributed by atoms with E-state index in [1.54, 1.807) is 0 Å². The fourth-order valence-electron chi connectivity index (χ4n) is 3.20. The van der Waals surface area contributed by atoms with Gasteiger partial charge in [0.1, 0.15) is 13.2 Å². The number of likely N-dealkylation sites (N-methyl/N-ethyl adjacent to an activating group) is 1. The van der Waals surface area contributed by atoms with E-state index in [9.17, 15) is 4.79 Å². The molecule has 1 atom stereocenters. The number of hydrogen-bond acceptors (Lipinski definition) is 4. The van der Waals surface area contributed by atoms with Gasteiger partial charge in [-0.25, -0.2) is 0 Å². The van der Waals surface area contributed by atoms with Crippen LogP contribution in [0.1, 0.15) is 38.2 Å². The highest BCUT2D eigenvalue weighted by molar-refractivity contribution is 5.81. The number of benzene rings is 1. The third kappa shape index (κ3) is 3.96. The Morgan fingerprint density at radius 1 is 1.26 bits per heavy atom. The number of amides is 1. The van der Waals surface area contributed by atoms with Crippen molar-refractivity contribution < 1.29 is 14.3 Å². The highest BCUT2D eigenvalue weighted by Crippen LogP contribution is 2.31. The smallest absolute Gasteiger partial charge is 0.237 e. The van der Waals surface area contributed by atoms with E-state index in [0.29, 0.717) is 25.8 Å². The van der Waals surface area contributed by atoms with Crippen molar-refractivity contribution >= 4 is 5.91 Å². The molecule has 126 valence electrons. The van der Waals surface area contributed by atoms with Crippen molar-refractivity contribution in [3.63, 3.8) is 0 Å². The fraction of sp³-hybridized carbons (Fsp3) is 0.611. The van der Waals surface area contributed by atoms with Crippen molar-refractivity contribution in [2.45, 2.75) is 51.2 Å². The van der Waals surface area contributed by atoms with Crippen molar-refractivity contribution in [3.8, 4) is 11.5 Å². The van der Waals surface area contributed by atoms with Crippen molar-refractivity contribution in [1.29, 1.82) is 0 Å². The largest absolute Gasteiger partial charge is 0.486 e. The first-order chi connectivity index (χ1) is 11.1. The molecule has 0 saturated heterocycles. The first-order valence-electron chi connectivity index (χ1n) is 8.52. The Hall–Kier alpha value is -1.75. The number of fused-ring (bicyclic) bond motifs is 1. The number of ether oxygens (including phenoxy) is 2. The minimum atomic E-state index is -0.149. The summed E-state index contributed by atoms with van der Waals surface area (Å²) in [6.45, 7) is 3.86. The van der Waals surface area contributed by atoms with Gasteiger partial charge >= 0.3 is 0 Å². The number of nitrogens with zero attached hydrogens (tertiary/aromatic N) is 1. The molecule has 23 heavy (non-hydrogen) atoms. The molecule has 1 heterocycles. The third-order valence-electron chi connectivity index (χ3n) is 4.78. The van der Waals surface area contributed by atoms with Gasteiger partial charge in [-0.2, -0.15) is 0 Å². The monoisotopic (exact) mass is 318 g/mol. The van der Waals surface area contributed by atoms with Crippen LogP contribution in [0.15, 0.2) is 18.2 Å². The molecule has 1 aromatic rings. The lowest BCUT2D eigenvalue weighted by Crippen LogP contribution is -2.46. The van der Waals surface area contributed by atoms with Crippen LogP contribution in [0.3, 0.4) is 0 Å². The van der Waals surface area contributed by atoms with Crippen LogP contribution in [0.2, 0.25) is 0 Å². The lowest BCUT2D eigenvalue weighted by atomic mass is 10.1. The number of carbonyl (C=O) groups excluding carboxylic acids is 1. The topological polar surface area (TPSA) is 50.8 Å². The van der Waals surface area contributed by atoms with Crippen molar-refractivity contribution in [2.75, 3.05) is 20.3 Å². The van der Waals surface area contributed by atoms with Gasteiger partial charge in [0.15, 0.2) is 11.5 Å². The second-order valence-electron chi connectivity index (χ2n) is 6.56. The van der Waals surface area contributed by atoms with E-state index in [1.165, 1.54) is 12.8 Å². The van der Waals surface area contributed by atoms with Gasteiger partial charge in [-0.1, -0.05) is 18.9 Å². The van der Waals surface area contributed by atoms with Crippen molar-refractivity contribution in [2.24, 2.45) is 0 Å². The van der Waals surface area contributed by atoms with E-state index < -0.39 is 0 Å². The SMILES string of the molecule is C[C@@H](C(=O)NC1CCCC1)N(C)Cc1ccc2c(c1)OCCO2. The standard InChI is InChI=1S/C18H26N2O3/c1-13(18(21)19-15-5-3-4-6-15)20(2)12-14-7-8-16-17(11-14)23-10-9-22-16/h7-8,11,13,15H,3-6,9-10,12H2,1-2H3,(H,19,21)/t13-/m0/s1. The number of hydrogen-bond donors (Lipinski definition) is 1. The molecule has 1 aliphatic heterocycles. The quantitative estimate of drug-likeness (QED) is 0.905. The summed E-state index contributed by atoms with van der Waals surface area (Å²) < 4.78 is 11.2. The van der Waals surface area contributed by atoms with Gasteiger partial charge < -0.3 is 14.8 Å². The number of carbonyl (C=O) groups is 1. The molecule has 0 bridgehead atoms. The molecule has 1 aliphatic carbocycles. The van der Waals surface area contributed by atoms with Gasteiger partial charge in [0.05, 0.1) is 6.04 Å². The van der Waals surface area contributed by atoms with E-state index >= 15 is 0 Å². The molecule has 0 spiro atoms. The Labute approximate surface area is 137 Å². The molecule has 5 heteroatoms. The van der Waals surface area contributed by atoms with Crippen LogP contribution in [0, 0.1) is 0 Å². The summed E-state index contributed by atoms with van der Waals surface area (Å²) in [5.74, 6) is 1.72. The fourth-order valence-corrected chi connectivity index (χ4v) is 3.20. The van der Waals surface area contributed by atoms with E-state index in [4.69, 9.17) is 9.47 Å². The summed E-state index contributed by atoms with van der Waals surface area (Å²) in [6, 6.07) is 6.20. The molecular formula is C18H26N2O3. The predicted molar refractivity (Wildman–Crippen MR) is 88.8 cm³/mol. The molecule has 3 rings (SSSR count). The average Bonchev–Trinajstić information content (AvgIpc) is 3.07. The van der Waals surface area contributed by atoms with Crippen LogP contribution in [0.25, 0.3) is 0 Å². The van der Waals surface area contributed by atoms with E-state index in [-0.39, 0.29) is 11.9 Å². The Bertz CT molecular complexity index is 555. The number of rotatable bonds is 5. The minimum Gasteiger partial charge on any atom is -0.486 e. The predicted octanol–water partition coefficient (Wildman–Crippen LogP) is 2.34. The van der Waals surface area contributed by atoms with Gasteiger partial charge in [0, 0.05) is 12.6 Å². The maximum Gasteiger partial charge on any atom is 0.237 e. The third-order valence-corrected chi connectivity index (χ3v) is 4.78. The molecule has 1 saturated carbocycles. The second kappa shape index (κ2) is 7.21. The summed E-state index contributed by atoms with van der Waals surface area (Å²) >= 11 is 0. The van der Waals surface area contributed by atoms with Crippen LogP contribution in [-0.4, -0.2) is 43.2 Å². The minimum absolute atomic E-state index is 0.122. The van der Waals surface area contributed by atoms with Gasteiger partial charge in [-0.3, -0.25) is 9.69 Å². The van der Waals surface area contributed by atoms with Gasteiger partial charge in [0.25, 0.3) is 0 Å². The Kier molecular flexibility index (Phi) is 5.06. The molecule has 1 fully saturated rings. The van der Waals surface area contributed by atoms with Gasteiger partial charge in [0.2, 0.25) is 5.91 Å². The molecule has 1 aromatic carbocycles. The zero-order valence-electron chi connectivity index (χ0n) is 14.0. The van der Waals surface area contributed by atoms with Crippen LogP contribution in [-0.2, 0) is 11.3 Å². The second-order valence-corrected chi connectivity index (χ2v) is 6.56. The Balaban J connectivity index is 1.57. The molecule has 1 amide bonds. The molecule has 2 aliphatic rings. The summed E-state index contributed by atoms with van der Waals surface area (Å²) in [5.41, 5.74) is 1.12. The van der Waals surface area contributed by atoms with Crippen LogP contribution < -0.4 is 14.8 Å². The zero-order chi connectivity index (χ0) is 16.2. The molecule has 0 aromatic heterocycles. The first kappa shape index (κ1) is 16.1. The summed E-state index contributed by atoms with van der Waals surface area (Å²) in [6.07, 6.45) is 4.69. The molecule has 0 unspecified atom stereocenters. The van der Waals surface area contributed by atoms with Crippen molar-refractivity contribution in [1.82, 2.24) is 10.2 Å².